The van der Waals surface area contributed by atoms with E-state index < -0.39 is 5.97 Å². The van der Waals surface area contributed by atoms with Crippen molar-refractivity contribution in [2.45, 2.75) is 51.9 Å². The van der Waals surface area contributed by atoms with Crippen LogP contribution in [0.2, 0.25) is 0 Å². The van der Waals surface area contributed by atoms with Crippen LogP contribution in [0.1, 0.15) is 51.9 Å². The van der Waals surface area contributed by atoms with Gasteiger partial charge in [-0.1, -0.05) is 32.6 Å². The fourth-order valence-electron chi connectivity index (χ4n) is 1.10. The molecular weight excluding hydrogens is 285 g/mol. The van der Waals surface area contributed by atoms with E-state index in [-0.39, 0.29) is 22.9 Å². The van der Waals surface area contributed by atoms with E-state index in [4.69, 9.17) is 3.90 Å². The zero-order valence-corrected chi connectivity index (χ0v) is 10.9. The Kier molecular flexibility index (Phi) is 27.2. The number of carbonyl (C=O) groups is 1. The summed E-state index contributed by atoms with van der Waals surface area (Å²) in [6.07, 6.45) is 10.3. The van der Waals surface area contributed by atoms with Crippen molar-refractivity contribution in [1.29, 1.82) is 0 Å². The molecule has 1 aliphatic rings. The Balaban J connectivity index is -0.000000156. The van der Waals surface area contributed by atoms with Crippen LogP contribution >= 0.6 is 0 Å². The standard InChI is InChI=1S/C6H11.C4H8O2.2Ni.O/c1-2-4-6-5-3-1;1-2-3-4(5)6;;;/h1H,2-6H2;2-3H2,1H3,(H,5,6);;;/q-1;;;+2;/p-1. The Morgan fingerprint density at radius 1 is 1.27 bits per heavy atom. The average Bonchev–Trinajstić information content (AvgIpc) is 2.24. The van der Waals surface area contributed by atoms with Gasteiger partial charge in [-0.25, -0.2) is 0 Å². The van der Waals surface area contributed by atoms with Crippen molar-refractivity contribution in [2.75, 3.05) is 0 Å². The fourth-order valence-corrected chi connectivity index (χ4v) is 1.10. The minimum absolute atomic E-state index is 0. The second kappa shape index (κ2) is 19.8. The zero-order chi connectivity index (χ0) is 11.2. The molecule has 0 aromatic rings. The normalized spacial score (nSPS) is 13.3. The first-order valence-electron chi connectivity index (χ1n) is 4.91. The molecule has 1 saturated carbocycles. The molecule has 0 aromatic carbocycles. The number of carbonyl (C=O) groups excluding carboxylic acids is 1. The molecule has 0 spiro atoms. The predicted molar refractivity (Wildman–Crippen MR) is 48.0 cm³/mol. The van der Waals surface area contributed by atoms with Crippen LogP contribution in [0.15, 0.2) is 0 Å². The van der Waals surface area contributed by atoms with Gasteiger partial charge in [0.15, 0.2) is 0 Å². The van der Waals surface area contributed by atoms with Crippen LogP contribution in [0.3, 0.4) is 0 Å². The minimum atomic E-state index is -0.961. The van der Waals surface area contributed by atoms with E-state index in [2.05, 4.69) is 21.8 Å². The number of carboxylic acids is 1. The second-order valence-electron chi connectivity index (χ2n) is 3.05. The molecule has 0 N–H and O–H groups in total. The molecule has 0 radical (unpaired) electrons. The van der Waals surface area contributed by atoms with Gasteiger partial charge in [0.05, 0.1) is 0 Å². The summed E-state index contributed by atoms with van der Waals surface area (Å²) >= 11 is 2.62. The van der Waals surface area contributed by atoms with Crippen LogP contribution in [0.4, 0.5) is 0 Å². The molecule has 1 aliphatic carbocycles. The van der Waals surface area contributed by atoms with Gasteiger partial charge in [0.1, 0.15) is 0 Å². The summed E-state index contributed by atoms with van der Waals surface area (Å²) in [6, 6.07) is 0. The number of hydrogen-bond acceptors (Lipinski definition) is 3. The van der Waals surface area contributed by atoms with Crippen molar-refractivity contribution >= 4 is 5.97 Å². The van der Waals surface area contributed by atoms with Crippen LogP contribution in [0.25, 0.3) is 0 Å². The van der Waals surface area contributed by atoms with Gasteiger partial charge in [-0.05, 0) is 6.42 Å². The molecule has 15 heavy (non-hydrogen) atoms. The summed E-state index contributed by atoms with van der Waals surface area (Å²) in [7, 11) is 0. The van der Waals surface area contributed by atoms with Crippen molar-refractivity contribution < 1.29 is 45.7 Å². The first-order valence-corrected chi connectivity index (χ1v) is 5.32. The number of carboxylic acid groups (broad SMARTS) is 1. The molecule has 3 nitrogen and oxygen atoms in total. The van der Waals surface area contributed by atoms with E-state index in [1.54, 1.807) is 6.92 Å². The van der Waals surface area contributed by atoms with Crippen LogP contribution in [-0.4, -0.2) is 5.97 Å². The van der Waals surface area contributed by atoms with Gasteiger partial charge < -0.3 is 16.3 Å². The fraction of sp³-hybridized carbons (Fsp3) is 0.800. The quantitative estimate of drug-likeness (QED) is 0.575. The van der Waals surface area contributed by atoms with E-state index in [0.29, 0.717) is 6.42 Å². The molecule has 0 amide bonds. The van der Waals surface area contributed by atoms with Crippen LogP contribution in [0.5, 0.6) is 0 Å². The van der Waals surface area contributed by atoms with E-state index >= 15 is 0 Å². The first kappa shape index (κ1) is 20.6. The van der Waals surface area contributed by atoms with Gasteiger partial charge in [-0.3, -0.25) is 0 Å². The van der Waals surface area contributed by atoms with Gasteiger partial charge in [0.2, 0.25) is 0 Å². The molecule has 0 heterocycles. The zero-order valence-electron chi connectivity index (χ0n) is 8.88. The van der Waals surface area contributed by atoms with Crippen LogP contribution in [-0.2, 0) is 40.6 Å². The van der Waals surface area contributed by atoms with Crippen molar-refractivity contribution in [3.63, 3.8) is 0 Å². The third-order valence-corrected chi connectivity index (χ3v) is 1.77. The van der Waals surface area contributed by atoms with E-state index in [9.17, 15) is 9.90 Å². The maximum absolute atomic E-state index is 9.49. The Bertz CT molecular complexity index is 116. The molecule has 0 aromatic heterocycles. The van der Waals surface area contributed by atoms with Crippen LogP contribution in [0, 0.1) is 6.42 Å². The van der Waals surface area contributed by atoms with Crippen LogP contribution < -0.4 is 5.11 Å². The summed E-state index contributed by atoms with van der Waals surface area (Å²) in [5, 5.41) is 9.49. The third kappa shape index (κ3) is 25.0. The molecule has 0 unspecified atom stereocenters. The number of rotatable bonds is 2. The topological polar surface area (TPSA) is 57.2 Å². The van der Waals surface area contributed by atoms with Gasteiger partial charge in [0.25, 0.3) is 0 Å². The first-order chi connectivity index (χ1) is 6.77. The number of hydrogen-bond donors (Lipinski definition) is 0. The predicted octanol–water partition coefficient (Wildman–Crippen LogP) is 1.57. The summed E-state index contributed by atoms with van der Waals surface area (Å²) in [5.41, 5.74) is 0. The SMILES string of the molecule is CCCC(=O)[O-].[CH-]1CCCCC1.[Ni+2].[O]=[Ni]. The molecule has 1 fully saturated rings. The summed E-state index contributed by atoms with van der Waals surface area (Å²) in [6.45, 7) is 1.80. The molecule has 0 saturated heterocycles. The third-order valence-electron chi connectivity index (χ3n) is 1.77. The van der Waals surface area contributed by atoms with Crippen molar-refractivity contribution in [1.82, 2.24) is 0 Å². The summed E-state index contributed by atoms with van der Waals surface area (Å²) in [4.78, 5) is 9.49. The molecule has 1 rings (SSSR count). The number of aliphatic carboxylic acids is 1. The second-order valence-corrected chi connectivity index (χ2v) is 3.05. The monoisotopic (exact) mass is 302 g/mol. The molecule has 5 heteroatoms. The molecule has 96 valence electrons. The van der Waals surface area contributed by atoms with E-state index in [1.807, 2.05) is 0 Å². The van der Waals surface area contributed by atoms with Crippen molar-refractivity contribution in [3.8, 4) is 0 Å². The Labute approximate surface area is 110 Å². The Hall–Kier alpha value is 0.257. The van der Waals surface area contributed by atoms with Gasteiger partial charge >= 0.3 is 35.8 Å². The summed E-state index contributed by atoms with van der Waals surface area (Å²) in [5.74, 6) is -0.961. The Morgan fingerprint density at radius 3 is 1.80 bits per heavy atom. The molecule has 0 aliphatic heterocycles. The average molecular weight is 304 g/mol. The van der Waals surface area contributed by atoms with E-state index in [1.165, 1.54) is 32.1 Å². The van der Waals surface area contributed by atoms with Crippen molar-refractivity contribution in [2.24, 2.45) is 0 Å². The van der Waals surface area contributed by atoms with Gasteiger partial charge in [-0.15, -0.1) is 0 Å². The summed E-state index contributed by atoms with van der Waals surface area (Å²) < 4.78 is 7.88. The van der Waals surface area contributed by atoms with E-state index in [0.717, 1.165) is 0 Å². The Morgan fingerprint density at radius 2 is 1.73 bits per heavy atom. The van der Waals surface area contributed by atoms with Gasteiger partial charge in [0, 0.05) is 5.97 Å². The maximum atomic E-state index is 9.49. The van der Waals surface area contributed by atoms with Crippen molar-refractivity contribution in [3.05, 3.63) is 6.42 Å². The molecule has 0 atom stereocenters. The molecular formula is C10H18Ni2O3. The molecule has 0 bridgehead atoms. The van der Waals surface area contributed by atoms with Gasteiger partial charge in [-0.2, -0.15) is 12.8 Å².